The highest BCUT2D eigenvalue weighted by Gasteiger charge is 2.57. The lowest BCUT2D eigenvalue weighted by Crippen LogP contribution is -2.52. The van der Waals surface area contributed by atoms with E-state index in [0.29, 0.717) is 15.4 Å². The first-order chi connectivity index (χ1) is 19.3. The van der Waals surface area contributed by atoms with Gasteiger partial charge in [0.1, 0.15) is 18.4 Å². The predicted molar refractivity (Wildman–Crippen MR) is 136 cm³/mol. The van der Waals surface area contributed by atoms with Crippen LogP contribution in [0.3, 0.4) is 0 Å². The van der Waals surface area contributed by atoms with Crippen LogP contribution in [0.1, 0.15) is 30.2 Å². The first-order valence-electron chi connectivity index (χ1n) is 12.5. The maximum absolute atomic E-state index is 13.7. The minimum absolute atomic E-state index is 0.214. The van der Waals surface area contributed by atoms with Crippen LogP contribution in [0.2, 0.25) is 0 Å². The zero-order chi connectivity index (χ0) is 29.7. The fraction of sp³-hybridized carbons (Fsp3) is 0.296. The molecule has 2 atom stereocenters. The molecule has 1 saturated heterocycles. The van der Waals surface area contributed by atoms with Crippen molar-refractivity contribution in [3.05, 3.63) is 71.3 Å². The first kappa shape index (κ1) is 27.8. The Kier molecular flexibility index (Phi) is 6.79. The van der Waals surface area contributed by atoms with E-state index in [0.717, 1.165) is 30.3 Å². The summed E-state index contributed by atoms with van der Waals surface area (Å²) in [6.07, 6.45) is -3.70. The average Bonchev–Trinajstić information content (AvgIpc) is 3.43. The highest BCUT2D eigenvalue weighted by molar-refractivity contribution is 6.14. The standard InChI is InChI=1S/C27H24F4N6O4/c1-14-19(11-32-35-14)17-5-8-20-21(9-17)33-22(38)10-26(20)24(40)37(25(41)34-26)13-23(39)36(15(2)27(29,30)31)12-16-3-6-18(28)7-4-16/h3-9,11,15H,10,12-13H2,1-2H3,(H,32,35)(H,33,38)(H,34,41)/t15-,26?/m0/s1. The summed E-state index contributed by atoms with van der Waals surface area (Å²) < 4.78 is 54.4. The topological polar surface area (TPSA) is 128 Å². The molecule has 214 valence electrons. The van der Waals surface area contributed by atoms with E-state index in [9.17, 15) is 36.7 Å². The van der Waals surface area contributed by atoms with Gasteiger partial charge >= 0.3 is 12.2 Å². The second-order valence-corrected chi connectivity index (χ2v) is 9.99. The number of urea groups is 1. The Balaban J connectivity index is 1.44. The molecule has 1 fully saturated rings. The number of imide groups is 1. The summed E-state index contributed by atoms with van der Waals surface area (Å²) in [6, 6.07) is 6.11. The van der Waals surface area contributed by atoms with E-state index in [-0.39, 0.29) is 16.8 Å². The SMILES string of the molecule is Cc1[nH]ncc1-c1ccc2c(c1)NC(=O)CC21NC(=O)N(CC(=O)N(Cc2ccc(F)cc2)[C@@H](C)C(F)(F)F)C1=O. The number of amides is 5. The van der Waals surface area contributed by atoms with Gasteiger partial charge in [0.25, 0.3) is 5.91 Å². The maximum Gasteiger partial charge on any atom is 0.408 e. The van der Waals surface area contributed by atoms with E-state index in [1.807, 2.05) is 0 Å². The van der Waals surface area contributed by atoms with Gasteiger partial charge in [-0.05, 0) is 43.2 Å². The van der Waals surface area contributed by atoms with Gasteiger partial charge in [-0.2, -0.15) is 18.3 Å². The molecule has 1 spiro atoms. The van der Waals surface area contributed by atoms with Crippen LogP contribution in [0.5, 0.6) is 0 Å². The summed E-state index contributed by atoms with van der Waals surface area (Å²) >= 11 is 0. The molecule has 0 aliphatic carbocycles. The van der Waals surface area contributed by atoms with Crippen LogP contribution >= 0.6 is 0 Å². The third kappa shape index (κ3) is 5.00. The van der Waals surface area contributed by atoms with E-state index < -0.39 is 66.8 Å². The van der Waals surface area contributed by atoms with Gasteiger partial charge in [-0.15, -0.1) is 0 Å². The minimum atomic E-state index is -4.82. The Morgan fingerprint density at radius 2 is 1.85 bits per heavy atom. The van der Waals surface area contributed by atoms with Crippen LogP contribution in [0.15, 0.2) is 48.7 Å². The second-order valence-electron chi connectivity index (χ2n) is 9.99. The number of aromatic amines is 1. The van der Waals surface area contributed by atoms with Crippen LogP contribution in [0.25, 0.3) is 11.1 Å². The van der Waals surface area contributed by atoms with E-state index >= 15 is 0 Å². The van der Waals surface area contributed by atoms with Gasteiger partial charge < -0.3 is 15.5 Å². The molecule has 14 heteroatoms. The van der Waals surface area contributed by atoms with Gasteiger partial charge in [0.15, 0.2) is 5.54 Å². The number of hydrogen-bond acceptors (Lipinski definition) is 5. The smallest absolute Gasteiger partial charge is 0.326 e. The van der Waals surface area contributed by atoms with Gasteiger partial charge in [-0.1, -0.05) is 24.3 Å². The number of carbonyl (C=O) groups excluding carboxylic acids is 4. The summed E-state index contributed by atoms with van der Waals surface area (Å²) in [4.78, 5) is 53.6. The molecule has 10 nitrogen and oxygen atoms in total. The monoisotopic (exact) mass is 572 g/mol. The number of hydrogen-bond donors (Lipinski definition) is 3. The third-order valence-electron chi connectivity index (χ3n) is 7.32. The number of rotatable bonds is 6. The van der Waals surface area contributed by atoms with Crippen LogP contribution in [0, 0.1) is 12.7 Å². The molecule has 41 heavy (non-hydrogen) atoms. The van der Waals surface area contributed by atoms with Crippen molar-refractivity contribution in [2.45, 2.75) is 44.6 Å². The van der Waals surface area contributed by atoms with E-state index in [4.69, 9.17) is 0 Å². The van der Waals surface area contributed by atoms with Crippen LogP contribution in [-0.2, 0) is 26.5 Å². The van der Waals surface area contributed by atoms with E-state index in [2.05, 4.69) is 20.8 Å². The van der Waals surface area contributed by atoms with Crippen molar-refractivity contribution in [1.29, 1.82) is 0 Å². The van der Waals surface area contributed by atoms with Gasteiger partial charge in [0.2, 0.25) is 11.8 Å². The number of anilines is 1. The van der Waals surface area contributed by atoms with E-state index in [1.54, 1.807) is 31.3 Å². The molecule has 0 radical (unpaired) electrons. The van der Waals surface area contributed by atoms with Crippen molar-refractivity contribution >= 4 is 29.4 Å². The lowest BCUT2D eigenvalue weighted by atomic mass is 9.81. The Hall–Kier alpha value is -4.75. The number of H-pyrrole nitrogens is 1. The van der Waals surface area contributed by atoms with Gasteiger partial charge in [0, 0.05) is 29.1 Å². The number of nitrogens with one attached hydrogen (secondary N) is 3. The molecule has 2 aliphatic heterocycles. The average molecular weight is 573 g/mol. The second kappa shape index (κ2) is 10.0. The normalized spacial score (nSPS) is 19.2. The van der Waals surface area contributed by atoms with Crippen LogP contribution in [-0.4, -0.2) is 62.5 Å². The van der Waals surface area contributed by atoms with Crippen molar-refractivity contribution in [2.75, 3.05) is 11.9 Å². The fourth-order valence-corrected chi connectivity index (χ4v) is 5.06. The fourth-order valence-electron chi connectivity index (χ4n) is 5.06. The summed E-state index contributed by atoms with van der Waals surface area (Å²) in [7, 11) is 0. The highest BCUT2D eigenvalue weighted by atomic mass is 19.4. The lowest BCUT2D eigenvalue weighted by Gasteiger charge is -2.34. The molecular weight excluding hydrogens is 548 g/mol. The van der Waals surface area contributed by atoms with Gasteiger partial charge in [0.05, 0.1) is 12.6 Å². The molecular formula is C27H24F4N6O4. The Labute approximate surface area is 230 Å². The summed E-state index contributed by atoms with van der Waals surface area (Å²) in [6.45, 7) is 1.03. The van der Waals surface area contributed by atoms with Crippen LogP contribution in [0.4, 0.5) is 28.0 Å². The minimum Gasteiger partial charge on any atom is -0.326 e. The molecule has 5 rings (SSSR count). The summed E-state index contributed by atoms with van der Waals surface area (Å²) in [5.41, 5.74) is 1.06. The lowest BCUT2D eigenvalue weighted by molar-refractivity contribution is -0.187. The predicted octanol–water partition coefficient (Wildman–Crippen LogP) is 3.59. The maximum atomic E-state index is 13.7. The quantitative estimate of drug-likeness (QED) is 0.307. The van der Waals surface area contributed by atoms with Gasteiger partial charge in [-0.25, -0.2) is 9.18 Å². The number of fused-ring (bicyclic) bond motifs is 2. The Bertz CT molecular complexity index is 1550. The Morgan fingerprint density at radius 3 is 2.49 bits per heavy atom. The number of aromatic nitrogens is 2. The molecule has 1 unspecified atom stereocenters. The summed E-state index contributed by atoms with van der Waals surface area (Å²) in [5, 5.41) is 12.0. The van der Waals surface area contributed by atoms with Crippen molar-refractivity contribution < 1.29 is 36.7 Å². The third-order valence-corrected chi connectivity index (χ3v) is 7.32. The summed E-state index contributed by atoms with van der Waals surface area (Å²) in [5.74, 6) is -3.29. The number of carbonyl (C=O) groups is 4. The molecule has 5 amide bonds. The van der Waals surface area contributed by atoms with Crippen molar-refractivity contribution in [2.24, 2.45) is 0 Å². The first-order valence-corrected chi connectivity index (χ1v) is 12.5. The van der Waals surface area contributed by atoms with Gasteiger partial charge in [-0.3, -0.25) is 24.4 Å². The Morgan fingerprint density at radius 1 is 1.15 bits per heavy atom. The number of alkyl halides is 3. The molecule has 0 bridgehead atoms. The molecule has 1 aromatic heterocycles. The zero-order valence-electron chi connectivity index (χ0n) is 21.8. The number of aryl methyl sites for hydroxylation is 1. The molecule has 3 aromatic rings. The molecule has 0 saturated carbocycles. The largest absolute Gasteiger partial charge is 0.408 e. The highest BCUT2D eigenvalue weighted by Crippen LogP contribution is 2.42. The number of halogens is 4. The molecule has 2 aromatic carbocycles. The van der Waals surface area contributed by atoms with Crippen molar-refractivity contribution in [3.63, 3.8) is 0 Å². The van der Waals surface area contributed by atoms with Crippen molar-refractivity contribution in [3.8, 4) is 11.1 Å². The van der Waals surface area contributed by atoms with Crippen LogP contribution < -0.4 is 10.6 Å². The molecule has 3 N–H and O–H groups in total. The van der Waals surface area contributed by atoms with Crippen molar-refractivity contribution in [1.82, 2.24) is 25.3 Å². The number of nitrogens with zero attached hydrogens (tertiary/aromatic N) is 3. The zero-order valence-corrected chi connectivity index (χ0v) is 21.8. The number of benzene rings is 2. The molecule has 2 aliphatic rings. The van der Waals surface area contributed by atoms with E-state index in [1.165, 1.54) is 12.1 Å². The molecule has 3 heterocycles.